The lowest BCUT2D eigenvalue weighted by atomic mass is 10.1. The fraction of sp³-hybridized carbons (Fsp3) is 0.625. The van der Waals surface area contributed by atoms with Gasteiger partial charge in [0, 0.05) is 19.8 Å². The molecular weight excluding hydrogens is 154 g/mol. The van der Waals surface area contributed by atoms with Crippen LogP contribution in [-0.2, 0) is 19.2 Å². The van der Waals surface area contributed by atoms with Crippen molar-refractivity contribution in [3.8, 4) is 0 Å². The Morgan fingerprint density at radius 2 is 2.25 bits per heavy atom. The Morgan fingerprint density at radius 1 is 1.67 bits per heavy atom. The smallest absolute Gasteiger partial charge is 0.140 e. The molecule has 4 heteroatoms. The average Bonchev–Trinajstić information content (AvgIpc) is 2.29. The van der Waals surface area contributed by atoms with Crippen molar-refractivity contribution < 1.29 is 5.11 Å². The average molecular weight is 169 g/mol. The molecule has 0 unspecified atom stereocenters. The van der Waals surface area contributed by atoms with Gasteiger partial charge in [-0.2, -0.15) is 0 Å². The van der Waals surface area contributed by atoms with Crippen LogP contribution in [0.4, 0.5) is 0 Å². The van der Waals surface area contributed by atoms with Gasteiger partial charge in [0.1, 0.15) is 11.4 Å². The second kappa shape index (κ2) is 2.88. The van der Waals surface area contributed by atoms with E-state index < -0.39 is 5.60 Å². The van der Waals surface area contributed by atoms with Gasteiger partial charge in [0.15, 0.2) is 0 Å². The second-order valence-corrected chi connectivity index (χ2v) is 3.40. The van der Waals surface area contributed by atoms with E-state index in [1.165, 1.54) is 0 Å². The molecule has 0 bridgehead atoms. The van der Waals surface area contributed by atoms with Crippen molar-refractivity contribution in [2.45, 2.75) is 26.0 Å². The molecule has 68 valence electrons. The molecule has 0 amide bonds. The van der Waals surface area contributed by atoms with E-state index in [9.17, 15) is 5.11 Å². The van der Waals surface area contributed by atoms with Gasteiger partial charge in [0.2, 0.25) is 0 Å². The number of aromatic nitrogens is 2. The van der Waals surface area contributed by atoms with Crippen LogP contribution in [0.1, 0.15) is 25.4 Å². The van der Waals surface area contributed by atoms with Crippen molar-refractivity contribution >= 4 is 0 Å². The predicted molar refractivity (Wildman–Crippen MR) is 46.3 cm³/mol. The van der Waals surface area contributed by atoms with Crippen LogP contribution in [-0.4, -0.2) is 14.7 Å². The summed E-state index contributed by atoms with van der Waals surface area (Å²) in [7, 11) is 1.85. The molecule has 1 aromatic heterocycles. The summed E-state index contributed by atoms with van der Waals surface area (Å²) in [6.07, 6.45) is 1.69. The van der Waals surface area contributed by atoms with Crippen molar-refractivity contribution in [2.75, 3.05) is 0 Å². The van der Waals surface area contributed by atoms with Crippen molar-refractivity contribution in [3.63, 3.8) is 0 Å². The van der Waals surface area contributed by atoms with E-state index in [0.29, 0.717) is 12.4 Å². The fourth-order valence-corrected chi connectivity index (χ4v) is 1.20. The van der Waals surface area contributed by atoms with E-state index >= 15 is 0 Å². The van der Waals surface area contributed by atoms with Gasteiger partial charge in [0.05, 0.1) is 5.69 Å². The van der Waals surface area contributed by atoms with E-state index in [-0.39, 0.29) is 0 Å². The van der Waals surface area contributed by atoms with Crippen LogP contribution in [0.25, 0.3) is 0 Å². The van der Waals surface area contributed by atoms with Crippen LogP contribution >= 0.6 is 0 Å². The molecule has 0 aromatic carbocycles. The van der Waals surface area contributed by atoms with Gasteiger partial charge in [-0.15, -0.1) is 0 Å². The summed E-state index contributed by atoms with van der Waals surface area (Å²) in [4.78, 5) is 4.09. The molecular formula is C8H15N3O. The van der Waals surface area contributed by atoms with E-state index in [1.54, 1.807) is 20.0 Å². The number of rotatable bonds is 2. The number of imidazole rings is 1. The lowest BCUT2D eigenvalue weighted by Gasteiger charge is -2.17. The largest absolute Gasteiger partial charge is 0.383 e. The minimum atomic E-state index is -0.901. The van der Waals surface area contributed by atoms with E-state index in [2.05, 4.69) is 4.98 Å². The lowest BCUT2D eigenvalue weighted by Crippen LogP contribution is -2.21. The fourth-order valence-electron chi connectivity index (χ4n) is 1.20. The predicted octanol–water partition coefficient (Wildman–Crippen LogP) is 0.106. The van der Waals surface area contributed by atoms with Crippen molar-refractivity contribution in [1.29, 1.82) is 0 Å². The Kier molecular flexibility index (Phi) is 2.21. The van der Waals surface area contributed by atoms with Crippen molar-refractivity contribution in [2.24, 2.45) is 12.8 Å². The van der Waals surface area contributed by atoms with Gasteiger partial charge in [-0.3, -0.25) is 0 Å². The monoisotopic (exact) mass is 169 g/mol. The third-order valence-corrected chi connectivity index (χ3v) is 1.84. The first-order valence-electron chi connectivity index (χ1n) is 3.90. The highest BCUT2D eigenvalue weighted by molar-refractivity contribution is 5.09. The first-order valence-corrected chi connectivity index (χ1v) is 3.90. The summed E-state index contributed by atoms with van der Waals surface area (Å²) in [5, 5.41) is 9.65. The lowest BCUT2D eigenvalue weighted by molar-refractivity contribution is 0.0656. The number of nitrogens with two attached hydrogens (primary N) is 1. The van der Waals surface area contributed by atoms with Crippen LogP contribution in [0, 0.1) is 0 Å². The molecule has 0 spiro atoms. The normalized spacial score (nSPS) is 12.1. The van der Waals surface area contributed by atoms with Gasteiger partial charge >= 0.3 is 0 Å². The SMILES string of the molecule is Cn1c(CN)cnc1C(C)(C)O. The summed E-state index contributed by atoms with van der Waals surface area (Å²) >= 11 is 0. The van der Waals surface area contributed by atoms with E-state index in [4.69, 9.17) is 5.73 Å². The van der Waals surface area contributed by atoms with E-state index in [1.807, 2.05) is 11.6 Å². The third-order valence-electron chi connectivity index (χ3n) is 1.84. The topological polar surface area (TPSA) is 64.1 Å². The van der Waals surface area contributed by atoms with E-state index in [0.717, 1.165) is 5.69 Å². The maximum atomic E-state index is 9.65. The van der Waals surface area contributed by atoms with Crippen LogP contribution in [0.3, 0.4) is 0 Å². The third kappa shape index (κ3) is 1.49. The Morgan fingerprint density at radius 3 is 2.50 bits per heavy atom. The molecule has 12 heavy (non-hydrogen) atoms. The zero-order valence-corrected chi connectivity index (χ0v) is 7.70. The minimum absolute atomic E-state index is 0.444. The van der Waals surface area contributed by atoms with Gasteiger partial charge in [0.25, 0.3) is 0 Å². The summed E-state index contributed by atoms with van der Waals surface area (Å²) in [6, 6.07) is 0. The Balaban J connectivity index is 3.11. The minimum Gasteiger partial charge on any atom is -0.383 e. The van der Waals surface area contributed by atoms with Crippen molar-refractivity contribution in [3.05, 3.63) is 17.7 Å². The molecule has 1 heterocycles. The highest BCUT2D eigenvalue weighted by Gasteiger charge is 2.21. The van der Waals surface area contributed by atoms with Crippen LogP contribution < -0.4 is 5.73 Å². The molecule has 0 aliphatic rings. The Hall–Kier alpha value is -0.870. The van der Waals surface area contributed by atoms with Gasteiger partial charge in [-0.05, 0) is 13.8 Å². The molecule has 0 aliphatic heterocycles. The zero-order valence-electron chi connectivity index (χ0n) is 7.70. The molecule has 0 saturated carbocycles. The summed E-state index contributed by atoms with van der Waals surface area (Å²) in [6.45, 7) is 3.85. The maximum absolute atomic E-state index is 9.65. The zero-order chi connectivity index (χ0) is 9.35. The van der Waals surface area contributed by atoms with Crippen LogP contribution in [0.15, 0.2) is 6.20 Å². The number of hydrogen-bond donors (Lipinski definition) is 2. The molecule has 1 rings (SSSR count). The highest BCUT2D eigenvalue weighted by Crippen LogP contribution is 2.17. The van der Waals surface area contributed by atoms with Crippen molar-refractivity contribution in [1.82, 2.24) is 9.55 Å². The number of hydrogen-bond acceptors (Lipinski definition) is 3. The van der Waals surface area contributed by atoms with Crippen LogP contribution in [0.5, 0.6) is 0 Å². The standard InChI is InChI=1S/C8H15N3O/c1-8(2,12)7-10-5-6(4-9)11(7)3/h5,12H,4,9H2,1-3H3. The number of nitrogens with zero attached hydrogens (tertiary/aromatic N) is 2. The van der Waals surface area contributed by atoms with Gasteiger partial charge in [-0.25, -0.2) is 4.98 Å². The first-order chi connectivity index (χ1) is 5.46. The Bertz CT molecular complexity index is 272. The molecule has 1 aromatic rings. The quantitative estimate of drug-likeness (QED) is 0.660. The first kappa shape index (κ1) is 9.22. The molecule has 0 atom stereocenters. The summed E-state index contributed by atoms with van der Waals surface area (Å²) in [5.74, 6) is 0.642. The van der Waals surface area contributed by atoms with Crippen LogP contribution in [0.2, 0.25) is 0 Å². The van der Waals surface area contributed by atoms with Gasteiger partial charge < -0.3 is 15.4 Å². The molecule has 0 fully saturated rings. The number of aliphatic hydroxyl groups is 1. The molecule has 4 nitrogen and oxygen atoms in total. The Labute approximate surface area is 72.0 Å². The molecule has 0 aliphatic carbocycles. The molecule has 0 radical (unpaired) electrons. The highest BCUT2D eigenvalue weighted by atomic mass is 16.3. The molecule has 3 N–H and O–H groups in total. The maximum Gasteiger partial charge on any atom is 0.140 e. The second-order valence-electron chi connectivity index (χ2n) is 3.40. The summed E-state index contributed by atoms with van der Waals surface area (Å²) in [5.41, 5.74) is 5.49. The van der Waals surface area contributed by atoms with Gasteiger partial charge in [-0.1, -0.05) is 0 Å². The molecule has 0 saturated heterocycles. The summed E-state index contributed by atoms with van der Waals surface area (Å²) < 4.78 is 1.82.